The predicted octanol–water partition coefficient (Wildman–Crippen LogP) is 1.72. The fourth-order valence-electron chi connectivity index (χ4n) is 2.49. The number of amides is 2. The van der Waals surface area contributed by atoms with Crippen LogP contribution in [-0.4, -0.2) is 56.2 Å². The molecule has 1 atom stereocenters. The molecule has 1 unspecified atom stereocenters. The van der Waals surface area contributed by atoms with Gasteiger partial charge in [-0.3, -0.25) is 9.59 Å². The summed E-state index contributed by atoms with van der Waals surface area (Å²) in [4.78, 5) is 26.8. The number of ether oxygens (including phenoxy) is 2. The summed E-state index contributed by atoms with van der Waals surface area (Å²) in [5.74, 6) is -0.236. The molecule has 0 aliphatic carbocycles. The van der Waals surface area contributed by atoms with Crippen molar-refractivity contribution in [2.24, 2.45) is 0 Å². The quantitative estimate of drug-likeness (QED) is 0.745. The number of anilines is 1. The number of rotatable bonds is 5. The molecule has 1 aliphatic heterocycles. The largest absolute Gasteiger partial charge is 0.496 e. The molecule has 0 spiro atoms. The summed E-state index contributed by atoms with van der Waals surface area (Å²) in [6.07, 6.45) is 0.479. The number of nitrogens with two attached hydrogens (primary N) is 1. The molecule has 1 aromatic carbocycles. The molecule has 1 aliphatic rings. The minimum absolute atomic E-state index is 0. The molecule has 9 heteroatoms. The number of carbonyl (C=O) groups excluding carboxylic acids is 2. The van der Waals surface area contributed by atoms with Crippen molar-refractivity contribution in [3.8, 4) is 5.75 Å². The van der Waals surface area contributed by atoms with Crippen LogP contribution in [-0.2, 0) is 9.53 Å². The van der Waals surface area contributed by atoms with E-state index in [2.05, 4.69) is 5.32 Å². The Labute approximate surface area is 158 Å². The number of nitrogens with one attached hydrogen (secondary N) is 1. The smallest absolute Gasteiger partial charge is 0.255 e. The molecule has 1 saturated heterocycles. The zero-order valence-corrected chi connectivity index (χ0v) is 15.8. The third-order valence-corrected chi connectivity index (χ3v) is 4.23. The first-order valence-electron chi connectivity index (χ1n) is 7.78. The highest BCUT2D eigenvalue weighted by Gasteiger charge is 2.27. The van der Waals surface area contributed by atoms with Crippen LogP contribution in [0.1, 0.15) is 23.7 Å². The summed E-state index contributed by atoms with van der Waals surface area (Å²) >= 11 is 5.99. The van der Waals surface area contributed by atoms with E-state index >= 15 is 0 Å². The van der Waals surface area contributed by atoms with Crippen LogP contribution in [0, 0.1) is 0 Å². The van der Waals surface area contributed by atoms with Gasteiger partial charge in [-0.1, -0.05) is 18.5 Å². The maximum atomic E-state index is 12.6. The Morgan fingerprint density at radius 2 is 2.04 bits per heavy atom. The lowest BCUT2D eigenvalue weighted by Crippen LogP contribution is -2.51. The van der Waals surface area contributed by atoms with Crippen LogP contribution in [0.2, 0.25) is 5.02 Å². The van der Waals surface area contributed by atoms with Crippen LogP contribution in [0.4, 0.5) is 5.69 Å². The highest BCUT2D eigenvalue weighted by Crippen LogP contribution is 2.28. The average molecular weight is 392 g/mol. The van der Waals surface area contributed by atoms with E-state index in [9.17, 15) is 9.59 Å². The minimum atomic E-state index is -0.614. The first kappa shape index (κ1) is 21.3. The van der Waals surface area contributed by atoms with Gasteiger partial charge in [0.1, 0.15) is 11.8 Å². The second-order valence-electron chi connectivity index (χ2n) is 5.45. The lowest BCUT2D eigenvalue weighted by Gasteiger charge is -2.30. The molecule has 0 bridgehead atoms. The number of benzene rings is 1. The molecule has 1 heterocycles. The Hall–Kier alpha value is -1.70. The van der Waals surface area contributed by atoms with Crippen molar-refractivity contribution in [1.82, 2.24) is 10.2 Å². The van der Waals surface area contributed by atoms with E-state index in [1.165, 1.54) is 19.2 Å². The molecule has 2 amide bonds. The third kappa shape index (κ3) is 5.14. The summed E-state index contributed by atoms with van der Waals surface area (Å²) in [5, 5.41) is 3.01. The standard InChI is InChI=1S/C16H22ClN3O4.ClH/c1-3-13(16(22)20-4-6-24-7-5-20)19-15(21)10-8-11(17)12(18)9-14(10)23-2;/h8-9,13H,3-7,18H2,1-2H3,(H,19,21);1H. The lowest BCUT2D eigenvalue weighted by molar-refractivity contribution is -0.137. The van der Waals surface area contributed by atoms with E-state index in [0.717, 1.165) is 0 Å². The average Bonchev–Trinajstić information content (AvgIpc) is 2.61. The highest BCUT2D eigenvalue weighted by atomic mass is 35.5. The molecule has 2 rings (SSSR count). The number of morpholine rings is 1. The van der Waals surface area contributed by atoms with E-state index in [0.29, 0.717) is 44.2 Å². The molecule has 7 nitrogen and oxygen atoms in total. The molecule has 25 heavy (non-hydrogen) atoms. The van der Waals surface area contributed by atoms with Crippen molar-refractivity contribution in [1.29, 1.82) is 0 Å². The maximum Gasteiger partial charge on any atom is 0.255 e. The number of hydrogen-bond acceptors (Lipinski definition) is 5. The van der Waals surface area contributed by atoms with E-state index in [1.54, 1.807) is 4.90 Å². The van der Waals surface area contributed by atoms with Crippen LogP contribution in [0.5, 0.6) is 5.75 Å². The molecule has 1 fully saturated rings. The zero-order valence-electron chi connectivity index (χ0n) is 14.2. The first-order chi connectivity index (χ1) is 11.5. The number of nitrogen functional groups attached to an aromatic ring is 1. The van der Waals surface area contributed by atoms with Crippen molar-refractivity contribution in [3.05, 3.63) is 22.7 Å². The van der Waals surface area contributed by atoms with Gasteiger partial charge >= 0.3 is 0 Å². The van der Waals surface area contributed by atoms with E-state index in [4.69, 9.17) is 26.8 Å². The zero-order chi connectivity index (χ0) is 17.7. The van der Waals surface area contributed by atoms with E-state index in [-0.39, 0.29) is 28.9 Å². The Kier molecular flexibility index (Phi) is 8.28. The van der Waals surface area contributed by atoms with Crippen molar-refractivity contribution in [2.45, 2.75) is 19.4 Å². The number of halogens is 2. The molecule has 140 valence electrons. The van der Waals surface area contributed by atoms with Gasteiger partial charge in [-0.25, -0.2) is 0 Å². The predicted molar refractivity (Wildman–Crippen MR) is 98.6 cm³/mol. The number of hydrogen-bond donors (Lipinski definition) is 2. The Balaban J connectivity index is 0.00000312. The lowest BCUT2D eigenvalue weighted by atomic mass is 10.1. The molecule has 0 aromatic heterocycles. The number of methoxy groups -OCH3 is 1. The molecule has 1 aromatic rings. The van der Waals surface area contributed by atoms with Gasteiger partial charge < -0.3 is 25.4 Å². The molecule has 3 N–H and O–H groups in total. The van der Waals surface area contributed by atoms with Gasteiger partial charge in [-0.2, -0.15) is 0 Å². The fourth-order valence-corrected chi connectivity index (χ4v) is 2.66. The van der Waals surface area contributed by atoms with Gasteiger partial charge in [0.15, 0.2) is 0 Å². The van der Waals surface area contributed by atoms with Crippen molar-refractivity contribution in [2.75, 3.05) is 39.1 Å². The summed E-state index contributed by atoms with van der Waals surface area (Å²) in [7, 11) is 1.44. The van der Waals surface area contributed by atoms with Gasteiger partial charge in [-0.05, 0) is 12.5 Å². The number of carbonyl (C=O) groups is 2. The second kappa shape index (κ2) is 9.70. The highest BCUT2D eigenvalue weighted by molar-refractivity contribution is 6.33. The summed E-state index contributed by atoms with van der Waals surface area (Å²) in [6, 6.07) is 2.32. The van der Waals surface area contributed by atoms with Gasteiger partial charge in [-0.15, -0.1) is 12.4 Å². The van der Waals surface area contributed by atoms with Crippen LogP contribution in [0.3, 0.4) is 0 Å². The van der Waals surface area contributed by atoms with E-state index < -0.39 is 11.9 Å². The fraction of sp³-hybridized carbons (Fsp3) is 0.500. The molecule has 0 radical (unpaired) electrons. The Morgan fingerprint density at radius 3 is 2.60 bits per heavy atom. The van der Waals surface area contributed by atoms with Crippen molar-refractivity contribution >= 4 is 41.5 Å². The Bertz CT molecular complexity index is 622. The van der Waals surface area contributed by atoms with Gasteiger partial charge in [0.2, 0.25) is 5.91 Å². The van der Waals surface area contributed by atoms with Gasteiger partial charge in [0.05, 0.1) is 36.6 Å². The van der Waals surface area contributed by atoms with Crippen molar-refractivity contribution in [3.63, 3.8) is 0 Å². The minimum Gasteiger partial charge on any atom is -0.496 e. The monoisotopic (exact) mass is 391 g/mol. The topological polar surface area (TPSA) is 93.9 Å². The summed E-state index contributed by atoms with van der Waals surface area (Å²) < 4.78 is 10.4. The Morgan fingerprint density at radius 1 is 1.40 bits per heavy atom. The van der Waals surface area contributed by atoms with Crippen LogP contribution < -0.4 is 15.8 Å². The van der Waals surface area contributed by atoms with Gasteiger partial charge in [0, 0.05) is 19.2 Å². The normalized spacial score (nSPS) is 15.1. The summed E-state index contributed by atoms with van der Waals surface area (Å²) in [5.41, 5.74) is 6.28. The van der Waals surface area contributed by atoms with Gasteiger partial charge in [0.25, 0.3) is 5.91 Å². The van der Waals surface area contributed by atoms with Crippen LogP contribution in [0.25, 0.3) is 0 Å². The maximum absolute atomic E-state index is 12.6. The first-order valence-corrected chi connectivity index (χ1v) is 8.16. The second-order valence-corrected chi connectivity index (χ2v) is 5.85. The molecule has 0 saturated carbocycles. The molecular weight excluding hydrogens is 369 g/mol. The SMILES string of the molecule is CCC(NC(=O)c1cc(Cl)c(N)cc1OC)C(=O)N1CCOCC1.Cl. The third-order valence-electron chi connectivity index (χ3n) is 3.90. The summed E-state index contributed by atoms with van der Waals surface area (Å²) in [6.45, 7) is 3.93. The molecular formula is C16H23Cl2N3O4. The van der Waals surface area contributed by atoms with Crippen LogP contribution in [0.15, 0.2) is 12.1 Å². The van der Waals surface area contributed by atoms with Crippen LogP contribution >= 0.6 is 24.0 Å². The van der Waals surface area contributed by atoms with E-state index in [1.807, 2.05) is 6.92 Å². The number of nitrogens with zero attached hydrogens (tertiary/aromatic N) is 1. The van der Waals surface area contributed by atoms with Crippen molar-refractivity contribution < 1.29 is 19.1 Å².